The number of morpholine rings is 1. The van der Waals surface area contributed by atoms with Crippen LogP contribution in [-0.2, 0) is 9.53 Å². The number of ether oxygens (including phenoxy) is 1. The molecule has 1 aliphatic heterocycles. The highest BCUT2D eigenvalue weighted by Crippen LogP contribution is 2.28. The number of aliphatic carboxylic acids is 1. The molecule has 19 heavy (non-hydrogen) atoms. The minimum atomic E-state index is -0.881. The number of nitrogens with zero attached hydrogens (tertiary/aromatic N) is 1. The molecule has 1 aromatic carbocycles. The number of carbonyl (C=O) groups is 1. The molecular weight excluding hydrogens is 310 g/mol. The van der Waals surface area contributed by atoms with Gasteiger partial charge in [-0.1, -0.05) is 35.0 Å². The molecule has 2 unspecified atom stereocenters. The van der Waals surface area contributed by atoms with E-state index in [-0.39, 0.29) is 6.04 Å². The lowest BCUT2D eigenvalue weighted by Crippen LogP contribution is -2.47. The molecule has 0 saturated carbocycles. The third-order valence-electron chi connectivity index (χ3n) is 3.43. The van der Waals surface area contributed by atoms with Crippen molar-refractivity contribution in [2.45, 2.75) is 25.5 Å². The lowest BCUT2D eigenvalue weighted by molar-refractivity contribution is -0.157. The smallest absolute Gasteiger partial charge is 0.334 e. The Labute approximate surface area is 121 Å². The zero-order chi connectivity index (χ0) is 13.8. The van der Waals surface area contributed by atoms with Crippen LogP contribution in [0.25, 0.3) is 0 Å². The van der Waals surface area contributed by atoms with Crippen LogP contribution in [-0.4, -0.2) is 41.8 Å². The molecule has 1 fully saturated rings. The summed E-state index contributed by atoms with van der Waals surface area (Å²) in [6.45, 7) is 3.81. The highest BCUT2D eigenvalue weighted by atomic mass is 79.9. The third kappa shape index (κ3) is 3.55. The monoisotopic (exact) mass is 327 g/mol. The second-order valence-corrected chi connectivity index (χ2v) is 5.59. The first-order chi connectivity index (χ1) is 9.11. The fourth-order valence-corrected chi connectivity index (χ4v) is 2.94. The molecule has 5 heteroatoms. The second kappa shape index (κ2) is 6.50. The number of halogens is 1. The van der Waals surface area contributed by atoms with Gasteiger partial charge in [0.2, 0.25) is 0 Å². The minimum absolute atomic E-state index is 0.239. The quantitative estimate of drug-likeness (QED) is 0.923. The standard InChI is InChI=1S/C14H18BrNO3/c1-2-12(10-4-3-5-11(15)8-10)16-6-7-19-13(9-16)14(17)18/h3-5,8,12-13H,2,6-7,9H2,1H3,(H,17,18). The molecule has 1 N–H and O–H groups in total. The van der Waals surface area contributed by atoms with Gasteiger partial charge >= 0.3 is 5.97 Å². The second-order valence-electron chi connectivity index (χ2n) is 4.67. The van der Waals surface area contributed by atoms with Crippen LogP contribution in [0, 0.1) is 0 Å². The Hall–Kier alpha value is -0.910. The predicted octanol–water partition coefficient (Wildman–Crippen LogP) is 2.69. The van der Waals surface area contributed by atoms with E-state index in [2.05, 4.69) is 39.9 Å². The molecule has 4 nitrogen and oxygen atoms in total. The van der Waals surface area contributed by atoms with Crippen molar-refractivity contribution < 1.29 is 14.6 Å². The number of benzene rings is 1. The molecule has 0 bridgehead atoms. The maximum atomic E-state index is 11.0. The Bertz CT molecular complexity index is 452. The van der Waals surface area contributed by atoms with Gasteiger partial charge in [-0.15, -0.1) is 0 Å². The number of hydrogen-bond donors (Lipinski definition) is 1. The van der Waals surface area contributed by atoms with E-state index in [1.54, 1.807) is 0 Å². The summed E-state index contributed by atoms with van der Waals surface area (Å²) >= 11 is 3.48. The van der Waals surface area contributed by atoms with Gasteiger partial charge in [-0.25, -0.2) is 4.79 Å². The molecule has 1 heterocycles. The zero-order valence-electron chi connectivity index (χ0n) is 10.9. The maximum Gasteiger partial charge on any atom is 0.334 e. The van der Waals surface area contributed by atoms with Crippen molar-refractivity contribution in [2.24, 2.45) is 0 Å². The van der Waals surface area contributed by atoms with Crippen LogP contribution in [0.1, 0.15) is 24.9 Å². The van der Waals surface area contributed by atoms with Crippen LogP contribution < -0.4 is 0 Å². The van der Waals surface area contributed by atoms with E-state index in [0.29, 0.717) is 13.2 Å². The summed E-state index contributed by atoms with van der Waals surface area (Å²) in [6, 6.07) is 8.43. The molecule has 0 aromatic heterocycles. The molecule has 2 atom stereocenters. The molecule has 1 aromatic rings. The van der Waals surface area contributed by atoms with E-state index >= 15 is 0 Å². The first kappa shape index (κ1) is 14.5. The largest absolute Gasteiger partial charge is 0.479 e. The Morgan fingerprint density at radius 2 is 2.42 bits per heavy atom. The number of carboxylic acids is 1. The van der Waals surface area contributed by atoms with E-state index in [1.165, 1.54) is 5.56 Å². The van der Waals surface area contributed by atoms with Crippen LogP contribution in [0.5, 0.6) is 0 Å². The SMILES string of the molecule is CCC(c1cccc(Br)c1)N1CCOC(C(=O)O)C1. The van der Waals surface area contributed by atoms with E-state index in [9.17, 15) is 4.79 Å². The van der Waals surface area contributed by atoms with Crippen molar-refractivity contribution in [1.29, 1.82) is 0 Å². The third-order valence-corrected chi connectivity index (χ3v) is 3.93. The molecule has 0 amide bonds. The van der Waals surface area contributed by atoms with Gasteiger partial charge in [-0.05, 0) is 24.1 Å². The molecule has 2 rings (SSSR count). The summed E-state index contributed by atoms with van der Waals surface area (Å²) in [5.41, 5.74) is 1.21. The lowest BCUT2D eigenvalue weighted by Gasteiger charge is -2.36. The summed E-state index contributed by atoms with van der Waals surface area (Å²) < 4.78 is 6.32. The Balaban J connectivity index is 2.15. The van der Waals surface area contributed by atoms with Gasteiger partial charge in [0.25, 0.3) is 0 Å². The predicted molar refractivity (Wildman–Crippen MR) is 76.1 cm³/mol. The van der Waals surface area contributed by atoms with Gasteiger partial charge in [-0.2, -0.15) is 0 Å². The van der Waals surface area contributed by atoms with Gasteiger partial charge in [0, 0.05) is 23.6 Å². The molecule has 1 saturated heterocycles. The Morgan fingerprint density at radius 3 is 3.05 bits per heavy atom. The first-order valence-electron chi connectivity index (χ1n) is 6.45. The van der Waals surface area contributed by atoms with Crippen LogP contribution >= 0.6 is 15.9 Å². The fourth-order valence-electron chi connectivity index (χ4n) is 2.52. The van der Waals surface area contributed by atoms with E-state index in [1.807, 2.05) is 12.1 Å². The topological polar surface area (TPSA) is 49.8 Å². The van der Waals surface area contributed by atoms with Crippen molar-refractivity contribution in [1.82, 2.24) is 4.90 Å². The Kier molecular flexibility index (Phi) is 4.96. The summed E-state index contributed by atoms with van der Waals surface area (Å²) in [6.07, 6.45) is 0.234. The van der Waals surface area contributed by atoms with Gasteiger partial charge < -0.3 is 9.84 Å². The minimum Gasteiger partial charge on any atom is -0.479 e. The van der Waals surface area contributed by atoms with Crippen molar-refractivity contribution in [3.63, 3.8) is 0 Å². The molecular formula is C14H18BrNO3. The van der Waals surface area contributed by atoms with Crippen molar-refractivity contribution >= 4 is 21.9 Å². The molecule has 104 valence electrons. The van der Waals surface area contributed by atoms with Crippen LogP contribution in [0.4, 0.5) is 0 Å². The molecule has 0 radical (unpaired) electrons. The Morgan fingerprint density at radius 1 is 1.63 bits per heavy atom. The summed E-state index contributed by atoms with van der Waals surface area (Å²) in [4.78, 5) is 13.2. The van der Waals surface area contributed by atoms with Crippen molar-refractivity contribution in [3.8, 4) is 0 Å². The van der Waals surface area contributed by atoms with Gasteiger partial charge in [0.15, 0.2) is 6.10 Å². The van der Waals surface area contributed by atoms with Crippen molar-refractivity contribution in [3.05, 3.63) is 34.3 Å². The number of rotatable bonds is 4. The van der Waals surface area contributed by atoms with Crippen LogP contribution in [0.15, 0.2) is 28.7 Å². The van der Waals surface area contributed by atoms with E-state index in [0.717, 1.165) is 17.4 Å². The average Bonchev–Trinajstić information content (AvgIpc) is 2.40. The number of carboxylic acid groups (broad SMARTS) is 1. The lowest BCUT2D eigenvalue weighted by atomic mass is 10.0. The molecule has 0 aliphatic carbocycles. The highest BCUT2D eigenvalue weighted by molar-refractivity contribution is 9.10. The van der Waals surface area contributed by atoms with Gasteiger partial charge in [0.1, 0.15) is 0 Å². The first-order valence-corrected chi connectivity index (χ1v) is 7.25. The van der Waals surface area contributed by atoms with E-state index < -0.39 is 12.1 Å². The van der Waals surface area contributed by atoms with Gasteiger partial charge in [-0.3, -0.25) is 4.90 Å². The van der Waals surface area contributed by atoms with E-state index in [4.69, 9.17) is 9.84 Å². The zero-order valence-corrected chi connectivity index (χ0v) is 12.5. The maximum absolute atomic E-state index is 11.0. The molecule has 0 spiro atoms. The summed E-state index contributed by atoms with van der Waals surface area (Å²) in [5.74, 6) is -0.881. The average molecular weight is 328 g/mol. The highest BCUT2D eigenvalue weighted by Gasteiger charge is 2.30. The molecule has 1 aliphatic rings. The van der Waals surface area contributed by atoms with Crippen LogP contribution in [0.3, 0.4) is 0 Å². The van der Waals surface area contributed by atoms with Crippen LogP contribution in [0.2, 0.25) is 0 Å². The summed E-state index contributed by atoms with van der Waals surface area (Å²) in [5, 5.41) is 9.07. The van der Waals surface area contributed by atoms with Crippen molar-refractivity contribution in [2.75, 3.05) is 19.7 Å². The number of hydrogen-bond acceptors (Lipinski definition) is 3. The summed E-state index contributed by atoms with van der Waals surface area (Å²) in [7, 11) is 0. The fraction of sp³-hybridized carbons (Fsp3) is 0.500. The normalized spacial score (nSPS) is 22.1. The van der Waals surface area contributed by atoms with Gasteiger partial charge in [0.05, 0.1) is 6.61 Å².